The molecule has 0 spiro atoms. The molecule has 122 valence electrons. The van der Waals surface area contributed by atoms with E-state index in [1.165, 1.54) is 5.56 Å². The molecule has 0 saturated carbocycles. The molecule has 1 saturated heterocycles. The lowest BCUT2D eigenvalue weighted by molar-refractivity contribution is -0.0498. The Hall–Kier alpha value is -1.98. The summed E-state index contributed by atoms with van der Waals surface area (Å²) in [6.45, 7) is 1.02. The van der Waals surface area contributed by atoms with Crippen LogP contribution in [0.3, 0.4) is 0 Å². The van der Waals surface area contributed by atoms with Gasteiger partial charge in [-0.3, -0.25) is 4.90 Å². The first-order chi connectivity index (χ1) is 11.2. The Morgan fingerprint density at radius 2 is 1.48 bits per heavy atom. The fourth-order valence-electron chi connectivity index (χ4n) is 3.02. The predicted molar refractivity (Wildman–Crippen MR) is 85.8 cm³/mol. The van der Waals surface area contributed by atoms with Crippen LogP contribution in [0.2, 0.25) is 0 Å². The van der Waals surface area contributed by atoms with Crippen LogP contribution in [0.5, 0.6) is 5.75 Å². The van der Waals surface area contributed by atoms with E-state index in [2.05, 4.69) is 27.1 Å². The van der Waals surface area contributed by atoms with Gasteiger partial charge >= 0.3 is 6.61 Å². The highest BCUT2D eigenvalue weighted by atomic mass is 19.3. The number of hydrogen-bond donors (Lipinski definition) is 1. The average molecular weight is 318 g/mol. The smallest absolute Gasteiger partial charge is 0.387 e. The molecular weight excluding hydrogens is 298 g/mol. The van der Waals surface area contributed by atoms with Gasteiger partial charge in [0.2, 0.25) is 0 Å². The molecule has 0 radical (unpaired) electrons. The zero-order valence-electron chi connectivity index (χ0n) is 12.8. The second kappa shape index (κ2) is 7.53. The van der Waals surface area contributed by atoms with E-state index in [0.717, 1.165) is 31.7 Å². The molecule has 1 aliphatic rings. The molecule has 3 rings (SSSR count). The van der Waals surface area contributed by atoms with E-state index in [-0.39, 0.29) is 11.8 Å². The van der Waals surface area contributed by atoms with Crippen LogP contribution in [0, 0.1) is 0 Å². The zero-order chi connectivity index (χ0) is 16.1. The number of piperazine rings is 1. The summed E-state index contributed by atoms with van der Waals surface area (Å²) in [5, 5.41) is 3.36. The Labute approximate surface area is 134 Å². The van der Waals surface area contributed by atoms with Gasteiger partial charge in [0.1, 0.15) is 5.75 Å². The number of alkyl halides is 2. The van der Waals surface area contributed by atoms with Crippen LogP contribution in [0.25, 0.3) is 0 Å². The van der Waals surface area contributed by atoms with Crippen molar-refractivity contribution in [2.24, 2.45) is 0 Å². The van der Waals surface area contributed by atoms with Crippen LogP contribution in [-0.4, -0.2) is 37.7 Å². The van der Waals surface area contributed by atoms with Gasteiger partial charge in [0.25, 0.3) is 0 Å². The molecule has 1 aliphatic heterocycles. The minimum atomic E-state index is -2.79. The Morgan fingerprint density at radius 3 is 2.09 bits per heavy atom. The average Bonchev–Trinajstić information content (AvgIpc) is 2.58. The molecule has 2 aromatic rings. The number of hydrogen-bond acceptors (Lipinski definition) is 3. The summed E-state index contributed by atoms with van der Waals surface area (Å²) in [5.41, 5.74) is 2.29. The summed E-state index contributed by atoms with van der Waals surface area (Å²) >= 11 is 0. The summed E-state index contributed by atoms with van der Waals surface area (Å²) in [6.07, 6.45) is 0. The van der Waals surface area contributed by atoms with Crippen molar-refractivity contribution in [3.05, 3.63) is 65.7 Å². The third-order valence-electron chi connectivity index (χ3n) is 4.05. The van der Waals surface area contributed by atoms with Gasteiger partial charge < -0.3 is 10.1 Å². The van der Waals surface area contributed by atoms with Gasteiger partial charge in [0.15, 0.2) is 0 Å². The quantitative estimate of drug-likeness (QED) is 0.915. The van der Waals surface area contributed by atoms with Crippen LogP contribution < -0.4 is 10.1 Å². The van der Waals surface area contributed by atoms with E-state index in [9.17, 15) is 8.78 Å². The van der Waals surface area contributed by atoms with Crippen LogP contribution in [0.15, 0.2) is 54.6 Å². The lowest BCUT2D eigenvalue weighted by atomic mass is 9.96. The van der Waals surface area contributed by atoms with Gasteiger partial charge in [-0.1, -0.05) is 42.5 Å². The van der Waals surface area contributed by atoms with Crippen molar-refractivity contribution >= 4 is 0 Å². The van der Waals surface area contributed by atoms with Crippen LogP contribution >= 0.6 is 0 Å². The summed E-state index contributed by atoms with van der Waals surface area (Å²) in [6, 6.07) is 17.4. The van der Waals surface area contributed by atoms with Crippen molar-refractivity contribution in [2.45, 2.75) is 12.7 Å². The van der Waals surface area contributed by atoms with Crippen molar-refractivity contribution in [3.63, 3.8) is 0 Å². The topological polar surface area (TPSA) is 24.5 Å². The van der Waals surface area contributed by atoms with Crippen LogP contribution in [-0.2, 0) is 0 Å². The highest BCUT2D eigenvalue weighted by Gasteiger charge is 2.23. The van der Waals surface area contributed by atoms with Gasteiger partial charge in [-0.2, -0.15) is 8.78 Å². The summed E-state index contributed by atoms with van der Waals surface area (Å²) < 4.78 is 29.0. The van der Waals surface area contributed by atoms with Gasteiger partial charge in [-0.25, -0.2) is 0 Å². The zero-order valence-corrected chi connectivity index (χ0v) is 12.8. The maximum Gasteiger partial charge on any atom is 0.387 e. The van der Waals surface area contributed by atoms with E-state index in [0.29, 0.717) is 0 Å². The standard InChI is InChI=1S/C18H20F2N2O/c19-18(20)23-16-8-6-15(7-9-16)17(14-4-2-1-3-5-14)22-12-10-21-11-13-22/h1-9,17-18,21H,10-13H2. The molecule has 0 aliphatic carbocycles. The summed E-state index contributed by atoms with van der Waals surface area (Å²) in [5.74, 6) is 0.191. The molecule has 0 aromatic heterocycles. The van der Waals surface area contributed by atoms with Crippen molar-refractivity contribution in [1.82, 2.24) is 10.2 Å². The van der Waals surface area contributed by atoms with Crippen molar-refractivity contribution in [2.75, 3.05) is 26.2 Å². The number of ether oxygens (including phenoxy) is 1. The Balaban J connectivity index is 1.88. The largest absolute Gasteiger partial charge is 0.435 e. The molecule has 0 amide bonds. The van der Waals surface area contributed by atoms with Crippen LogP contribution in [0.4, 0.5) is 8.78 Å². The van der Waals surface area contributed by atoms with E-state index < -0.39 is 6.61 Å². The molecule has 5 heteroatoms. The van der Waals surface area contributed by atoms with E-state index >= 15 is 0 Å². The van der Waals surface area contributed by atoms with Gasteiger partial charge in [-0.05, 0) is 23.3 Å². The molecule has 23 heavy (non-hydrogen) atoms. The molecule has 1 fully saturated rings. The molecule has 1 unspecified atom stereocenters. The second-order valence-electron chi connectivity index (χ2n) is 5.55. The maximum absolute atomic E-state index is 12.3. The third-order valence-corrected chi connectivity index (χ3v) is 4.05. The van der Waals surface area contributed by atoms with Gasteiger partial charge in [0, 0.05) is 26.2 Å². The first kappa shape index (κ1) is 15.9. The molecule has 2 aromatic carbocycles. The van der Waals surface area contributed by atoms with Gasteiger partial charge in [-0.15, -0.1) is 0 Å². The number of nitrogens with one attached hydrogen (secondary N) is 1. The molecule has 1 heterocycles. The highest BCUT2D eigenvalue weighted by molar-refractivity contribution is 5.35. The number of halogens is 2. The summed E-state index contributed by atoms with van der Waals surface area (Å²) in [4.78, 5) is 2.41. The fourth-order valence-corrected chi connectivity index (χ4v) is 3.02. The third kappa shape index (κ3) is 4.06. The maximum atomic E-state index is 12.3. The monoisotopic (exact) mass is 318 g/mol. The predicted octanol–water partition coefficient (Wildman–Crippen LogP) is 3.28. The SMILES string of the molecule is FC(F)Oc1ccc(C(c2ccccc2)N2CCNCC2)cc1. The summed E-state index contributed by atoms with van der Waals surface area (Å²) in [7, 11) is 0. The minimum absolute atomic E-state index is 0.124. The van der Waals surface area contributed by atoms with E-state index in [1.54, 1.807) is 12.1 Å². The Bertz CT molecular complexity index is 598. The Morgan fingerprint density at radius 1 is 0.870 bits per heavy atom. The lowest BCUT2D eigenvalue weighted by Crippen LogP contribution is -2.45. The fraction of sp³-hybridized carbons (Fsp3) is 0.333. The molecule has 1 N–H and O–H groups in total. The van der Waals surface area contributed by atoms with Crippen LogP contribution in [0.1, 0.15) is 17.2 Å². The molecule has 1 atom stereocenters. The number of benzene rings is 2. The number of rotatable bonds is 5. The first-order valence-corrected chi connectivity index (χ1v) is 7.78. The second-order valence-corrected chi connectivity index (χ2v) is 5.55. The molecule has 0 bridgehead atoms. The first-order valence-electron chi connectivity index (χ1n) is 7.78. The van der Waals surface area contributed by atoms with E-state index in [4.69, 9.17) is 0 Å². The van der Waals surface area contributed by atoms with E-state index in [1.807, 2.05) is 30.3 Å². The highest BCUT2D eigenvalue weighted by Crippen LogP contribution is 2.30. The normalized spacial score (nSPS) is 17.2. The molecular formula is C18H20F2N2O. The van der Waals surface area contributed by atoms with Gasteiger partial charge in [0.05, 0.1) is 6.04 Å². The lowest BCUT2D eigenvalue weighted by Gasteiger charge is -2.35. The van der Waals surface area contributed by atoms with Crippen molar-refractivity contribution in [3.8, 4) is 5.75 Å². The minimum Gasteiger partial charge on any atom is -0.435 e. The molecule has 3 nitrogen and oxygen atoms in total. The number of nitrogens with zero attached hydrogens (tertiary/aromatic N) is 1. The Kier molecular flexibility index (Phi) is 5.20. The van der Waals surface area contributed by atoms with Crippen molar-refractivity contribution < 1.29 is 13.5 Å². The van der Waals surface area contributed by atoms with Crippen molar-refractivity contribution in [1.29, 1.82) is 0 Å².